The molecule has 2 aromatic heterocycles. The lowest BCUT2D eigenvalue weighted by Crippen LogP contribution is -2.33. The van der Waals surface area contributed by atoms with E-state index in [0.29, 0.717) is 4.88 Å². The summed E-state index contributed by atoms with van der Waals surface area (Å²) in [6.45, 7) is 6.02. The summed E-state index contributed by atoms with van der Waals surface area (Å²) in [5.41, 5.74) is 1.57. The molecule has 0 aliphatic heterocycles. The number of rotatable bonds is 5. The number of carbonyl (C=O) groups excluding carboxylic acids is 1. The summed E-state index contributed by atoms with van der Waals surface area (Å²) < 4.78 is 0. The summed E-state index contributed by atoms with van der Waals surface area (Å²) in [4.78, 5) is 21.7. The molecule has 0 bridgehead atoms. The highest BCUT2D eigenvalue weighted by Gasteiger charge is 2.18. The van der Waals surface area contributed by atoms with Crippen molar-refractivity contribution in [2.45, 2.75) is 39.7 Å². The Labute approximate surface area is 123 Å². The van der Waals surface area contributed by atoms with E-state index < -0.39 is 0 Å². The minimum atomic E-state index is -0.0316. The fourth-order valence-corrected chi connectivity index (χ4v) is 2.90. The van der Waals surface area contributed by atoms with E-state index in [1.807, 2.05) is 25.1 Å². The summed E-state index contributed by atoms with van der Waals surface area (Å²) in [6, 6.07) is 5.91. The van der Waals surface area contributed by atoms with Crippen LogP contribution in [0.2, 0.25) is 0 Å². The molecule has 0 aromatic carbocycles. The van der Waals surface area contributed by atoms with Crippen LogP contribution in [0.25, 0.3) is 10.7 Å². The number of aromatic nitrogens is 2. The minimum Gasteiger partial charge on any atom is -0.349 e. The molecule has 0 fully saturated rings. The van der Waals surface area contributed by atoms with Crippen LogP contribution in [0.3, 0.4) is 0 Å². The van der Waals surface area contributed by atoms with Gasteiger partial charge in [0.2, 0.25) is 0 Å². The van der Waals surface area contributed by atoms with Crippen molar-refractivity contribution in [2.24, 2.45) is 0 Å². The van der Waals surface area contributed by atoms with Gasteiger partial charge in [-0.2, -0.15) is 0 Å². The number of aryl methyl sites for hydroxylation is 1. The van der Waals surface area contributed by atoms with Gasteiger partial charge in [-0.15, -0.1) is 11.3 Å². The van der Waals surface area contributed by atoms with Crippen molar-refractivity contribution in [3.8, 4) is 10.7 Å². The third-order valence-corrected chi connectivity index (χ3v) is 4.39. The van der Waals surface area contributed by atoms with E-state index in [1.54, 1.807) is 6.20 Å². The Morgan fingerprint density at radius 3 is 2.70 bits per heavy atom. The molecule has 2 heterocycles. The third-order valence-electron chi connectivity index (χ3n) is 3.21. The molecule has 0 unspecified atom stereocenters. The molecule has 0 radical (unpaired) electrons. The standard InChI is InChI=1S/C15H19N3OS/c1-4-11(5-2)18-14(19)13-10(3)17-15(20-13)12-8-6-7-9-16-12/h6-9,11H,4-5H2,1-3H3,(H,18,19). The summed E-state index contributed by atoms with van der Waals surface area (Å²) in [6.07, 6.45) is 3.61. The Kier molecular flexibility index (Phi) is 4.84. The molecule has 1 amide bonds. The zero-order valence-electron chi connectivity index (χ0n) is 12.0. The largest absolute Gasteiger partial charge is 0.349 e. The highest BCUT2D eigenvalue weighted by molar-refractivity contribution is 7.17. The zero-order valence-corrected chi connectivity index (χ0v) is 12.8. The van der Waals surface area contributed by atoms with Crippen molar-refractivity contribution >= 4 is 17.2 Å². The molecular weight excluding hydrogens is 270 g/mol. The summed E-state index contributed by atoms with van der Waals surface area (Å²) in [5.74, 6) is -0.0316. The van der Waals surface area contributed by atoms with E-state index in [1.165, 1.54) is 11.3 Å². The molecule has 0 atom stereocenters. The SMILES string of the molecule is CCC(CC)NC(=O)c1sc(-c2ccccn2)nc1C. The van der Waals surface area contributed by atoms with Gasteiger partial charge < -0.3 is 5.32 Å². The lowest BCUT2D eigenvalue weighted by molar-refractivity contribution is 0.0938. The number of thiazole rings is 1. The highest BCUT2D eigenvalue weighted by Crippen LogP contribution is 2.26. The maximum atomic E-state index is 12.3. The van der Waals surface area contributed by atoms with E-state index >= 15 is 0 Å². The maximum absolute atomic E-state index is 12.3. The van der Waals surface area contributed by atoms with Crippen molar-refractivity contribution in [2.75, 3.05) is 0 Å². The molecule has 4 nitrogen and oxygen atoms in total. The van der Waals surface area contributed by atoms with Gasteiger partial charge in [0, 0.05) is 12.2 Å². The van der Waals surface area contributed by atoms with Crippen molar-refractivity contribution in [3.05, 3.63) is 35.0 Å². The monoisotopic (exact) mass is 289 g/mol. The molecule has 2 aromatic rings. The van der Waals surface area contributed by atoms with Crippen LogP contribution in [-0.4, -0.2) is 21.9 Å². The Hall–Kier alpha value is -1.75. The predicted molar refractivity (Wildman–Crippen MR) is 81.9 cm³/mol. The minimum absolute atomic E-state index is 0.0316. The van der Waals surface area contributed by atoms with Gasteiger partial charge in [-0.25, -0.2) is 4.98 Å². The number of pyridine rings is 1. The van der Waals surface area contributed by atoms with E-state index in [9.17, 15) is 4.79 Å². The Morgan fingerprint density at radius 2 is 2.10 bits per heavy atom. The zero-order chi connectivity index (χ0) is 14.5. The first-order valence-electron chi connectivity index (χ1n) is 6.85. The molecule has 0 aliphatic carbocycles. The van der Waals surface area contributed by atoms with E-state index in [2.05, 4.69) is 29.1 Å². The second-order valence-corrected chi connectivity index (χ2v) is 5.63. The molecule has 0 spiro atoms. The first-order valence-corrected chi connectivity index (χ1v) is 7.67. The van der Waals surface area contributed by atoms with Crippen molar-refractivity contribution in [3.63, 3.8) is 0 Å². The van der Waals surface area contributed by atoms with Crippen LogP contribution in [-0.2, 0) is 0 Å². The predicted octanol–water partition coefficient (Wildman–Crippen LogP) is 3.43. The lowest BCUT2D eigenvalue weighted by atomic mass is 10.1. The van der Waals surface area contributed by atoms with Crippen molar-refractivity contribution in [1.29, 1.82) is 0 Å². The van der Waals surface area contributed by atoms with Gasteiger partial charge in [-0.1, -0.05) is 19.9 Å². The average Bonchev–Trinajstić information content (AvgIpc) is 2.87. The topological polar surface area (TPSA) is 54.9 Å². The molecule has 0 aliphatic rings. The number of nitrogens with zero attached hydrogens (tertiary/aromatic N) is 2. The average molecular weight is 289 g/mol. The molecule has 0 saturated carbocycles. The molecule has 2 rings (SSSR count). The number of carbonyl (C=O) groups is 1. The summed E-state index contributed by atoms with van der Waals surface area (Å²) in [5, 5.41) is 3.84. The molecule has 106 valence electrons. The van der Waals surface area contributed by atoms with Crippen LogP contribution in [0.1, 0.15) is 42.1 Å². The third kappa shape index (κ3) is 3.22. The highest BCUT2D eigenvalue weighted by atomic mass is 32.1. The molecule has 5 heteroatoms. The van der Waals surface area contributed by atoms with Crippen LogP contribution in [0.15, 0.2) is 24.4 Å². The number of amides is 1. The normalized spacial score (nSPS) is 10.8. The quantitative estimate of drug-likeness (QED) is 0.917. The molecule has 0 saturated heterocycles. The Bertz CT molecular complexity index is 576. The van der Waals surface area contributed by atoms with Gasteiger partial charge in [-0.3, -0.25) is 9.78 Å². The summed E-state index contributed by atoms with van der Waals surface area (Å²) >= 11 is 1.40. The second-order valence-electron chi connectivity index (χ2n) is 4.64. The van der Waals surface area contributed by atoms with Crippen molar-refractivity contribution in [1.82, 2.24) is 15.3 Å². The fraction of sp³-hybridized carbons (Fsp3) is 0.400. The first kappa shape index (κ1) is 14.7. The van der Waals surface area contributed by atoms with Crippen LogP contribution >= 0.6 is 11.3 Å². The van der Waals surface area contributed by atoms with Crippen LogP contribution in [0.5, 0.6) is 0 Å². The van der Waals surface area contributed by atoms with E-state index in [-0.39, 0.29) is 11.9 Å². The van der Waals surface area contributed by atoms with Crippen LogP contribution in [0, 0.1) is 6.92 Å². The summed E-state index contributed by atoms with van der Waals surface area (Å²) in [7, 11) is 0. The lowest BCUT2D eigenvalue weighted by Gasteiger charge is -2.13. The van der Waals surface area contributed by atoms with Crippen molar-refractivity contribution < 1.29 is 4.79 Å². The van der Waals surface area contributed by atoms with Gasteiger partial charge in [0.05, 0.1) is 11.4 Å². The smallest absolute Gasteiger partial charge is 0.263 e. The van der Waals surface area contributed by atoms with Gasteiger partial charge >= 0.3 is 0 Å². The van der Waals surface area contributed by atoms with E-state index in [0.717, 1.165) is 29.2 Å². The second kappa shape index (κ2) is 6.61. The van der Waals surface area contributed by atoms with Gasteiger partial charge in [-0.05, 0) is 31.9 Å². The van der Waals surface area contributed by atoms with Gasteiger partial charge in [0.1, 0.15) is 9.88 Å². The van der Waals surface area contributed by atoms with E-state index in [4.69, 9.17) is 0 Å². The Morgan fingerprint density at radius 1 is 1.35 bits per heavy atom. The molecule has 1 N–H and O–H groups in total. The number of nitrogens with one attached hydrogen (secondary N) is 1. The fourth-order valence-electron chi connectivity index (χ4n) is 1.95. The first-order chi connectivity index (χ1) is 9.65. The number of hydrogen-bond donors (Lipinski definition) is 1. The maximum Gasteiger partial charge on any atom is 0.263 e. The molecule has 20 heavy (non-hydrogen) atoms. The van der Waals surface area contributed by atoms with Gasteiger partial charge in [0.15, 0.2) is 0 Å². The van der Waals surface area contributed by atoms with Crippen LogP contribution in [0.4, 0.5) is 0 Å². The molecular formula is C15H19N3OS. The number of hydrogen-bond acceptors (Lipinski definition) is 4. The van der Waals surface area contributed by atoms with Crippen LogP contribution < -0.4 is 5.32 Å². The van der Waals surface area contributed by atoms with Gasteiger partial charge in [0.25, 0.3) is 5.91 Å². The Balaban J connectivity index is 2.22.